The van der Waals surface area contributed by atoms with Crippen molar-refractivity contribution in [2.75, 3.05) is 13.1 Å². The molecule has 3 heteroatoms. The Bertz CT molecular complexity index is 268. The van der Waals surface area contributed by atoms with Gasteiger partial charge in [0, 0.05) is 25.0 Å². The Morgan fingerprint density at radius 3 is 2.41 bits per heavy atom. The summed E-state index contributed by atoms with van der Waals surface area (Å²) < 4.78 is 0. The summed E-state index contributed by atoms with van der Waals surface area (Å²) in [6.45, 7) is 12.2. The molecule has 0 aromatic rings. The molecule has 3 nitrogen and oxygen atoms in total. The van der Waals surface area contributed by atoms with E-state index in [0.29, 0.717) is 11.8 Å². The predicted molar refractivity (Wildman–Crippen MR) is 71.6 cm³/mol. The molecule has 100 valence electrons. The maximum absolute atomic E-state index is 12.4. The Morgan fingerprint density at radius 2 is 1.94 bits per heavy atom. The average molecular weight is 240 g/mol. The SMILES string of the molecule is CC(N)C1CCCN(C(=O)C(C)C(C)(C)C)C1. The van der Waals surface area contributed by atoms with Crippen LogP contribution in [0.1, 0.15) is 47.5 Å². The molecule has 3 atom stereocenters. The first-order chi connectivity index (χ1) is 7.73. The zero-order valence-corrected chi connectivity index (χ0v) is 12.0. The minimum absolute atomic E-state index is 0.0400. The minimum Gasteiger partial charge on any atom is -0.342 e. The van der Waals surface area contributed by atoms with Crippen molar-refractivity contribution in [3.8, 4) is 0 Å². The van der Waals surface area contributed by atoms with Gasteiger partial charge < -0.3 is 10.6 Å². The van der Waals surface area contributed by atoms with Crippen LogP contribution in [0, 0.1) is 17.3 Å². The van der Waals surface area contributed by atoms with Crippen molar-refractivity contribution < 1.29 is 4.79 Å². The van der Waals surface area contributed by atoms with E-state index in [4.69, 9.17) is 5.73 Å². The van der Waals surface area contributed by atoms with Gasteiger partial charge in [0.15, 0.2) is 0 Å². The van der Waals surface area contributed by atoms with Crippen LogP contribution in [-0.4, -0.2) is 29.9 Å². The summed E-state index contributed by atoms with van der Waals surface area (Å²) in [7, 11) is 0. The summed E-state index contributed by atoms with van der Waals surface area (Å²) in [5.74, 6) is 0.844. The number of piperidine rings is 1. The van der Waals surface area contributed by atoms with Gasteiger partial charge in [0.05, 0.1) is 0 Å². The van der Waals surface area contributed by atoms with Gasteiger partial charge >= 0.3 is 0 Å². The largest absolute Gasteiger partial charge is 0.342 e. The quantitative estimate of drug-likeness (QED) is 0.804. The smallest absolute Gasteiger partial charge is 0.225 e. The zero-order chi connectivity index (χ0) is 13.2. The molecule has 0 aromatic heterocycles. The molecule has 3 unspecified atom stereocenters. The van der Waals surface area contributed by atoms with E-state index in [1.54, 1.807) is 0 Å². The van der Waals surface area contributed by atoms with Crippen LogP contribution in [0.25, 0.3) is 0 Å². The van der Waals surface area contributed by atoms with Crippen LogP contribution >= 0.6 is 0 Å². The Labute approximate surface area is 106 Å². The second-order valence-corrected chi connectivity index (χ2v) is 6.63. The van der Waals surface area contributed by atoms with Gasteiger partial charge in [0.2, 0.25) is 5.91 Å². The van der Waals surface area contributed by atoms with E-state index in [9.17, 15) is 4.79 Å². The fourth-order valence-electron chi connectivity index (χ4n) is 2.28. The number of likely N-dealkylation sites (tertiary alicyclic amines) is 1. The summed E-state index contributed by atoms with van der Waals surface area (Å²) in [6.07, 6.45) is 2.25. The van der Waals surface area contributed by atoms with Crippen molar-refractivity contribution >= 4 is 5.91 Å². The normalized spacial score (nSPS) is 25.5. The molecule has 1 aliphatic heterocycles. The van der Waals surface area contributed by atoms with E-state index in [0.717, 1.165) is 25.9 Å². The highest BCUT2D eigenvalue weighted by Gasteiger charge is 2.33. The number of rotatable bonds is 2. The van der Waals surface area contributed by atoms with Crippen molar-refractivity contribution in [1.82, 2.24) is 4.90 Å². The molecule has 1 saturated heterocycles. The second kappa shape index (κ2) is 5.38. The van der Waals surface area contributed by atoms with E-state index in [-0.39, 0.29) is 17.4 Å². The topological polar surface area (TPSA) is 46.3 Å². The highest BCUT2D eigenvalue weighted by molar-refractivity contribution is 5.79. The summed E-state index contributed by atoms with van der Waals surface area (Å²) in [5.41, 5.74) is 5.99. The molecule has 0 aliphatic carbocycles. The van der Waals surface area contributed by atoms with Crippen LogP contribution < -0.4 is 5.73 Å². The van der Waals surface area contributed by atoms with Gasteiger partial charge in [-0.2, -0.15) is 0 Å². The maximum Gasteiger partial charge on any atom is 0.225 e. The molecule has 0 radical (unpaired) electrons. The van der Waals surface area contributed by atoms with Crippen molar-refractivity contribution in [2.45, 2.75) is 53.5 Å². The summed E-state index contributed by atoms with van der Waals surface area (Å²) in [5, 5.41) is 0. The average Bonchev–Trinajstić information content (AvgIpc) is 2.26. The summed E-state index contributed by atoms with van der Waals surface area (Å²) in [4.78, 5) is 14.4. The molecular weight excluding hydrogens is 212 g/mol. The van der Waals surface area contributed by atoms with Crippen LogP contribution in [-0.2, 0) is 4.79 Å². The number of hydrogen-bond donors (Lipinski definition) is 1. The number of nitrogens with zero attached hydrogens (tertiary/aromatic N) is 1. The van der Waals surface area contributed by atoms with Crippen LogP contribution in [0.15, 0.2) is 0 Å². The van der Waals surface area contributed by atoms with Crippen LogP contribution in [0.2, 0.25) is 0 Å². The monoisotopic (exact) mass is 240 g/mol. The van der Waals surface area contributed by atoms with Gasteiger partial charge in [-0.1, -0.05) is 27.7 Å². The molecule has 1 amide bonds. The first-order valence-electron chi connectivity index (χ1n) is 6.78. The standard InChI is InChI=1S/C14H28N2O/c1-10(14(3,4)5)13(17)16-8-6-7-12(9-16)11(2)15/h10-12H,6-9,15H2,1-5H3. The lowest BCUT2D eigenvalue weighted by molar-refractivity contribution is -0.140. The summed E-state index contributed by atoms with van der Waals surface area (Å²) >= 11 is 0. The molecule has 0 saturated carbocycles. The number of nitrogens with two attached hydrogens (primary N) is 1. The van der Waals surface area contributed by atoms with Gasteiger partial charge in [-0.15, -0.1) is 0 Å². The molecule has 1 aliphatic rings. The van der Waals surface area contributed by atoms with Gasteiger partial charge in [-0.05, 0) is 31.1 Å². The molecule has 0 aromatic carbocycles. The maximum atomic E-state index is 12.4. The highest BCUT2D eigenvalue weighted by atomic mass is 16.2. The number of hydrogen-bond acceptors (Lipinski definition) is 2. The molecule has 2 N–H and O–H groups in total. The fraction of sp³-hybridized carbons (Fsp3) is 0.929. The Morgan fingerprint density at radius 1 is 1.35 bits per heavy atom. The highest BCUT2D eigenvalue weighted by Crippen LogP contribution is 2.29. The van der Waals surface area contributed by atoms with Gasteiger partial charge in [0.1, 0.15) is 0 Å². The lowest BCUT2D eigenvalue weighted by Gasteiger charge is -2.38. The summed E-state index contributed by atoms with van der Waals surface area (Å²) in [6, 6.07) is 0.190. The van der Waals surface area contributed by atoms with Crippen LogP contribution in [0.5, 0.6) is 0 Å². The lowest BCUT2D eigenvalue weighted by atomic mass is 9.80. The second-order valence-electron chi connectivity index (χ2n) is 6.63. The van der Waals surface area contributed by atoms with Crippen molar-refractivity contribution in [2.24, 2.45) is 23.0 Å². The minimum atomic E-state index is 0.0400. The molecule has 1 fully saturated rings. The number of carbonyl (C=O) groups excluding carboxylic acids is 1. The molecule has 0 spiro atoms. The molecule has 1 rings (SSSR count). The molecule has 0 bridgehead atoms. The number of amides is 1. The van der Waals surface area contributed by atoms with Crippen LogP contribution in [0.3, 0.4) is 0 Å². The van der Waals surface area contributed by atoms with E-state index in [2.05, 4.69) is 20.8 Å². The number of carbonyl (C=O) groups is 1. The van der Waals surface area contributed by atoms with Gasteiger partial charge in [-0.25, -0.2) is 0 Å². The Hall–Kier alpha value is -0.570. The van der Waals surface area contributed by atoms with E-state index < -0.39 is 0 Å². The van der Waals surface area contributed by atoms with Gasteiger partial charge in [0.25, 0.3) is 0 Å². The van der Waals surface area contributed by atoms with Crippen molar-refractivity contribution in [3.63, 3.8) is 0 Å². The third-order valence-corrected chi connectivity index (χ3v) is 4.18. The van der Waals surface area contributed by atoms with Crippen molar-refractivity contribution in [1.29, 1.82) is 0 Å². The molecule has 1 heterocycles. The first-order valence-corrected chi connectivity index (χ1v) is 6.78. The van der Waals surface area contributed by atoms with E-state index >= 15 is 0 Å². The molecular formula is C14H28N2O. The third kappa shape index (κ3) is 3.70. The first kappa shape index (κ1) is 14.5. The lowest BCUT2D eigenvalue weighted by Crippen LogP contribution is -2.48. The fourth-order valence-corrected chi connectivity index (χ4v) is 2.28. The Kier molecular flexibility index (Phi) is 4.59. The molecule has 17 heavy (non-hydrogen) atoms. The van der Waals surface area contributed by atoms with E-state index in [1.165, 1.54) is 0 Å². The Balaban J connectivity index is 2.64. The van der Waals surface area contributed by atoms with Crippen LogP contribution in [0.4, 0.5) is 0 Å². The predicted octanol–water partition coefficient (Wildman–Crippen LogP) is 2.25. The zero-order valence-electron chi connectivity index (χ0n) is 12.0. The third-order valence-electron chi connectivity index (χ3n) is 4.18. The van der Waals surface area contributed by atoms with E-state index in [1.807, 2.05) is 18.7 Å². The van der Waals surface area contributed by atoms with Crippen molar-refractivity contribution in [3.05, 3.63) is 0 Å². The van der Waals surface area contributed by atoms with Gasteiger partial charge in [-0.3, -0.25) is 4.79 Å².